The first kappa shape index (κ1) is 13.7. The van der Waals surface area contributed by atoms with Gasteiger partial charge in [0.05, 0.1) is 0 Å². The number of nitrogens with one attached hydrogen (secondary N) is 1. The lowest BCUT2D eigenvalue weighted by Gasteiger charge is -2.07. The zero-order chi connectivity index (χ0) is 13.8. The molecule has 0 aliphatic carbocycles. The lowest BCUT2D eigenvalue weighted by atomic mass is 10.2. The van der Waals surface area contributed by atoms with E-state index in [0.717, 1.165) is 30.1 Å². The third kappa shape index (κ3) is 2.81. The number of aromatic nitrogens is 3. The molecular formula is C14H19FN4. The van der Waals surface area contributed by atoms with Crippen molar-refractivity contribution in [2.75, 3.05) is 7.05 Å². The maximum atomic E-state index is 14.2. The summed E-state index contributed by atoms with van der Waals surface area (Å²) in [6.07, 6.45) is 1.48. The summed E-state index contributed by atoms with van der Waals surface area (Å²) in [5, 5.41) is 7.36. The van der Waals surface area contributed by atoms with Gasteiger partial charge in [-0.2, -0.15) is 5.10 Å². The molecule has 0 amide bonds. The van der Waals surface area contributed by atoms with Gasteiger partial charge in [0.25, 0.3) is 0 Å². The molecule has 0 spiro atoms. The fourth-order valence-electron chi connectivity index (χ4n) is 2.00. The van der Waals surface area contributed by atoms with Crippen LogP contribution in [0.1, 0.15) is 31.1 Å². The molecule has 1 heterocycles. The summed E-state index contributed by atoms with van der Waals surface area (Å²) in [4.78, 5) is 4.40. The highest BCUT2D eigenvalue weighted by Crippen LogP contribution is 2.17. The number of hydrogen-bond donors (Lipinski definition) is 1. The van der Waals surface area contributed by atoms with Crippen LogP contribution in [0.2, 0.25) is 0 Å². The average Bonchev–Trinajstić information content (AvgIpc) is 2.82. The van der Waals surface area contributed by atoms with Gasteiger partial charge in [-0.25, -0.2) is 14.1 Å². The van der Waals surface area contributed by atoms with Gasteiger partial charge in [0.1, 0.15) is 17.3 Å². The molecule has 4 nitrogen and oxygen atoms in total. The highest BCUT2D eigenvalue weighted by molar-refractivity contribution is 5.36. The smallest absolute Gasteiger partial charge is 0.151 e. The van der Waals surface area contributed by atoms with Crippen molar-refractivity contribution < 1.29 is 4.39 Å². The highest BCUT2D eigenvalue weighted by Gasteiger charge is 2.13. The first-order valence-corrected chi connectivity index (χ1v) is 6.57. The second kappa shape index (κ2) is 5.93. The molecule has 0 unspecified atom stereocenters. The van der Waals surface area contributed by atoms with Gasteiger partial charge in [-0.15, -0.1) is 0 Å². The second-order valence-corrected chi connectivity index (χ2v) is 4.38. The Labute approximate surface area is 112 Å². The molecule has 0 radical (unpaired) electrons. The zero-order valence-electron chi connectivity index (χ0n) is 11.6. The SMILES string of the molecule is CCc1nc(CC)n(-c2ccc(CNC)cc2F)n1. The normalized spacial score (nSPS) is 10.9. The Hall–Kier alpha value is -1.75. The van der Waals surface area contributed by atoms with Crippen LogP contribution in [0.3, 0.4) is 0 Å². The van der Waals surface area contributed by atoms with E-state index in [1.807, 2.05) is 27.0 Å². The summed E-state index contributed by atoms with van der Waals surface area (Å²) in [6, 6.07) is 5.20. The molecule has 2 rings (SSSR count). The van der Waals surface area contributed by atoms with Gasteiger partial charge in [0.2, 0.25) is 0 Å². The fourth-order valence-corrected chi connectivity index (χ4v) is 2.00. The number of benzene rings is 1. The molecule has 0 atom stereocenters. The van der Waals surface area contributed by atoms with Gasteiger partial charge in [0, 0.05) is 19.4 Å². The van der Waals surface area contributed by atoms with Crippen LogP contribution < -0.4 is 5.32 Å². The zero-order valence-corrected chi connectivity index (χ0v) is 11.6. The molecule has 1 aromatic carbocycles. The van der Waals surface area contributed by atoms with Gasteiger partial charge in [-0.3, -0.25) is 0 Å². The summed E-state index contributed by atoms with van der Waals surface area (Å²) in [5.41, 5.74) is 1.38. The van der Waals surface area contributed by atoms with Gasteiger partial charge in [0.15, 0.2) is 5.82 Å². The van der Waals surface area contributed by atoms with Crippen LogP contribution in [0.25, 0.3) is 5.69 Å². The number of hydrogen-bond acceptors (Lipinski definition) is 3. The quantitative estimate of drug-likeness (QED) is 0.898. The van der Waals surface area contributed by atoms with Crippen LogP contribution in [0, 0.1) is 5.82 Å². The lowest BCUT2D eigenvalue weighted by Crippen LogP contribution is -2.08. The minimum atomic E-state index is -0.269. The minimum Gasteiger partial charge on any atom is -0.316 e. The van der Waals surface area contributed by atoms with E-state index in [9.17, 15) is 4.39 Å². The first-order chi connectivity index (χ1) is 9.19. The average molecular weight is 262 g/mol. The third-order valence-corrected chi connectivity index (χ3v) is 2.97. The van der Waals surface area contributed by atoms with Crippen LogP contribution in [-0.2, 0) is 19.4 Å². The van der Waals surface area contributed by atoms with Crippen LogP contribution in [0.4, 0.5) is 4.39 Å². The maximum absolute atomic E-state index is 14.2. The Morgan fingerprint density at radius 2 is 2.05 bits per heavy atom. The van der Waals surface area contributed by atoms with Crippen molar-refractivity contribution >= 4 is 0 Å². The van der Waals surface area contributed by atoms with E-state index in [4.69, 9.17) is 0 Å². The van der Waals surface area contributed by atoms with Crippen molar-refractivity contribution in [2.24, 2.45) is 0 Å². The molecule has 102 valence electrons. The van der Waals surface area contributed by atoms with Crippen molar-refractivity contribution in [1.82, 2.24) is 20.1 Å². The summed E-state index contributed by atoms with van der Waals surface area (Å²) < 4.78 is 15.8. The largest absolute Gasteiger partial charge is 0.316 e. The second-order valence-electron chi connectivity index (χ2n) is 4.38. The number of nitrogens with zero attached hydrogens (tertiary/aromatic N) is 3. The van der Waals surface area contributed by atoms with Crippen LogP contribution in [0.5, 0.6) is 0 Å². The summed E-state index contributed by atoms with van der Waals surface area (Å²) in [6.45, 7) is 4.63. The topological polar surface area (TPSA) is 42.7 Å². The predicted octanol–water partition coefficient (Wildman–Crippen LogP) is 2.25. The van der Waals surface area contributed by atoms with Crippen LogP contribution >= 0.6 is 0 Å². The molecule has 19 heavy (non-hydrogen) atoms. The van der Waals surface area contributed by atoms with E-state index in [1.165, 1.54) is 0 Å². The number of halogens is 1. The standard InChI is InChI=1S/C14H19FN4/c1-4-13-17-14(5-2)19(18-13)12-7-6-10(9-16-3)8-11(12)15/h6-8,16H,4-5,9H2,1-3H3. The monoisotopic (exact) mass is 262 g/mol. The van der Waals surface area contributed by atoms with Gasteiger partial charge in [-0.1, -0.05) is 19.9 Å². The maximum Gasteiger partial charge on any atom is 0.151 e. The minimum absolute atomic E-state index is 0.269. The molecule has 0 fully saturated rings. The fraction of sp³-hybridized carbons (Fsp3) is 0.429. The van der Waals surface area contributed by atoms with E-state index in [-0.39, 0.29) is 5.82 Å². The van der Waals surface area contributed by atoms with Crippen molar-refractivity contribution in [1.29, 1.82) is 0 Å². The molecule has 0 bridgehead atoms. The molecule has 2 aromatic rings. The molecular weight excluding hydrogens is 243 g/mol. The number of aryl methyl sites for hydroxylation is 2. The molecule has 5 heteroatoms. The lowest BCUT2D eigenvalue weighted by molar-refractivity contribution is 0.601. The molecule has 0 saturated heterocycles. The summed E-state index contributed by atoms with van der Waals surface area (Å²) in [5.74, 6) is 1.27. The Kier molecular flexibility index (Phi) is 4.27. The van der Waals surface area contributed by atoms with Crippen molar-refractivity contribution in [3.05, 3.63) is 41.2 Å². The van der Waals surface area contributed by atoms with E-state index < -0.39 is 0 Å². The third-order valence-electron chi connectivity index (χ3n) is 2.97. The Balaban J connectivity index is 2.43. The van der Waals surface area contributed by atoms with Gasteiger partial charge >= 0.3 is 0 Å². The van der Waals surface area contributed by atoms with Crippen molar-refractivity contribution in [3.8, 4) is 5.69 Å². The number of rotatable bonds is 5. The van der Waals surface area contributed by atoms with Crippen LogP contribution in [-0.4, -0.2) is 21.8 Å². The van der Waals surface area contributed by atoms with E-state index in [0.29, 0.717) is 12.2 Å². The Morgan fingerprint density at radius 1 is 1.26 bits per heavy atom. The molecule has 1 N–H and O–H groups in total. The predicted molar refractivity (Wildman–Crippen MR) is 72.8 cm³/mol. The van der Waals surface area contributed by atoms with Crippen LogP contribution in [0.15, 0.2) is 18.2 Å². The first-order valence-electron chi connectivity index (χ1n) is 6.57. The van der Waals surface area contributed by atoms with E-state index >= 15 is 0 Å². The van der Waals surface area contributed by atoms with Gasteiger partial charge < -0.3 is 5.32 Å². The van der Waals surface area contributed by atoms with Gasteiger partial charge in [-0.05, 0) is 24.7 Å². The van der Waals surface area contributed by atoms with Crippen molar-refractivity contribution in [3.63, 3.8) is 0 Å². The van der Waals surface area contributed by atoms with E-state index in [1.54, 1.807) is 16.8 Å². The summed E-state index contributed by atoms with van der Waals surface area (Å²) >= 11 is 0. The Morgan fingerprint density at radius 3 is 2.63 bits per heavy atom. The molecule has 0 aliphatic heterocycles. The van der Waals surface area contributed by atoms with E-state index in [2.05, 4.69) is 15.4 Å². The Bertz CT molecular complexity index is 563. The molecule has 0 saturated carbocycles. The highest BCUT2D eigenvalue weighted by atomic mass is 19.1. The van der Waals surface area contributed by atoms with Crippen molar-refractivity contribution in [2.45, 2.75) is 33.2 Å². The summed E-state index contributed by atoms with van der Waals surface area (Å²) in [7, 11) is 1.84. The molecule has 0 aliphatic rings. The molecule has 1 aromatic heterocycles.